The maximum absolute atomic E-state index is 2.37. The second-order valence-electron chi connectivity index (χ2n) is 3.79. The molecule has 0 N–H and O–H groups in total. The monoisotopic (exact) mass is 200 g/mol. The molecule has 0 nitrogen and oxygen atoms in total. The molecule has 0 aliphatic carbocycles. The molecule has 3 rings (SSSR count). The fourth-order valence-corrected chi connectivity index (χ4v) is 4.18. The molecule has 2 heterocycles. The van der Waals surface area contributed by atoms with Gasteiger partial charge in [0.1, 0.15) is 0 Å². The highest BCUT2D eigenvalue weighted by Crippen LogP contribution is 2.47. The number of hydrogen-bond donors (Lipinski definition) is 0. The summed E-state index contributed by atoms with van der Waals surface area (Å²) in [7, 11) is 0.357. The Balaban J connectivity index is 2.24. The van der Waals surface area contributed by atoms with Crippen molar-refractivity contribution >= 4 is 20.8 Å². The summed E-state index contributed by atoms with van der Waals surface area (Å²) in [6.07, 6.45) is 4.59. The predicted molar refractivity (Wildman–Crippen MR) is 65.5 cm³/mol. The normalized spacial score (nSPS) is 23.1. The fourth-order valence-electron chi connectivity index (χ4n) is 1.99. The Labute approximate surface area is 86.9 Å². The second kappa shape index (κ2) is 2.96. The largest absolute Gasteiger partial charge is 0.150 e. The first kappa shape index (κ1) is 8.25. The van der Waals surface area contributed by atoms with E-state index in [1.165, 1.54) is 22.5 Å². The van der Waals surface area contributed by atoms with Gasteiger partial charge in [0.25, 0.3) is 0 Å². The molecular weight excluding hydrogens is 188 g/mol. The van der Waals surface area contributed by atoms with Crippen molar-refractivity contribution < 1.29 is 0 Å². The molecule has 0 amide bonds. The third-order valence-corrected chi connectivity index (χ3v) is 4.72. The topological polar surface area (TPSA) is 0 Å². The van der Waals surface area contributed by atoms with Crippen LogP contribution in [-0.2, 0) is 5.75 Å². The molecule has 0 saturated carbocycles. The van der Waals surface area contributed by atoms with Crippen LogP contribution in [0.5, 0.6) is 0 Å². The maximum atomic E-state index is 2.37. The minimum Gasteiger partial charge on any atom is -0.150 e. The zero-order valence-corrected chi connectivity index (χ0v) is 8.97. The van der Waals surface area contributed by atoms with Gasteiger partial charge in [0.05, 0.1) is 0 Å². The van der Waals surface area contributed by atoms with E-state index in [0.29, 0.717) is 10.5 Å². The van der Waals surface area contributed by atoms with Crippen molar-refractivity contribution in [1.29, 1.82) is 0 Å². The van der Waals surface area contributed by atoms with E-state index in [-0.39, 0.29) is 0 Å². The third-order valence-electron chi connectivity index (χ3n) is 2.73. The number of fused-ring (bicyclic) bond motifs is 3. The van der Waals surface area contributed by atoms with Crippen molar-refractivity contribution in [3.63, 3.8) is 0 Å². The zero-order valence-electron chi connectivity index (χ0n) is 8.16. The van der Waals surface area contributed by atoms with Gasteiger partial charge in [-0.1, -0.05) is 30.3 Å². The summed E-state index contributed by atoms with van der Waals surface area (Å²) in [6.45, 7) is 2.17. The summed E-state index contributed by atoms with van der Waals surface area (Å²) < 4.78 is 0. The van der Waals surface area contributed by atoms with Crippen molar-refractivity contribution in [2.24, 2.45) is 0 Å². The Kier molecular flexibility index (Phi) is 1.74. The molecule has 1 heteroatoms. The summed E-state index contributed by atoms with van der Waals surface area (Å²) in [5.74, 6) is 1.21. The molecule has 2 aliphatic heterocycles. The van der Waals surface area contributed by atoms with Gasteiger partial charge in [-0.25, -0.2) is 0 Å². The molecule has 0 bridgehead atoms. The van der Waals surface area contributed by atoms with Crippen molar-refractivity contribution in [2.75, 3.05) is 0 Å². The van der Waals surface area contributed by atoms with E-state index in [1.807, 2.05) is 0 Å². The number of rotatable bonds is 0. The predicted octanol–water partition coefficient (Wildman–Crippen LogP) is 3.57. The number of benzene rings is 1. The van der Waals surface area contributed by atoms with Crippen molar-refractivity contribution in [1.82, 2.24) is 0 Å². The van der Waals surface area contributed by atoms with Gasteiger partial charge in [0.2, 0.25) is 0 Å². The molecular formula is C13H12S. The minimum atomic E-state index is 0.357. The van der Waals surface area contributed by atoms with Crippen LogP contribution in [0.3, 0.4) is 0 Å². The summed E-state index contributed by atoms with van der Waals surface area (Å²) in [5, 5.41) is 2.37. The molecule has 0 radical (unpaired) electrons. The maximum Gasteiger partial charge on any atom is 0.0185 e. The van der Waals surface area contributed by atoms with E-state index >= 15 is 0 Å². The number of hydrogen-bond acceptors (Lipinski definition) is 0. The summed E-state index contributed by atoms with van der Waals surface area (Å²) >= 11 is 0. The first-order valence-corrected chi connectivity index (χ1v) is 6.32. The van der Waals surface area contributed by atoms with Crippen LogP contribution in [0.15, 0.2) is 42.0 Å². The first-order chi connectivity index (χ1) is 6.84. The quantitative estimate of drug-likeness (QED) is 0.562. The molecule has 0 saturated heterocycles. The van der Waals surface area contributed by atoms with Crippen molar-refractivity contribution in [3.8, 4) is 0 Å². The van der Waals surface area contributed by atoms with Gasteiger partial charge in [-0.3, -0.25) is 0 Å². The fraction of sp³-hybridized carbons (Fsp3) is 0.154. The standard InChI is InChI=1S/C13H12S/c1-10-6-7-14-9-11-4-2-3-5-12(11)13(14)8-10/h2-8H,9H2,1H3. The molecule has 14 heavy (non-hydrogen) atoms. The van der Waals surface area contributed by atoms with Crippen molar-refractivity contribution in [2.45, 2.75) is 12.7 Å². The highest BCUT2D eigenvalue weighted by molar-refractivity contribution is 8.22. The van der Waals surface area contributed by atoms with Gasteiger partial charge in [0.15, 0.2) is 0 Å². The van der Waals surface area contributed by atoms with Gasteiger partial charge >= 0.3 is 0 Å². The molecule has 0 spiro atoms. The molecule has 1 atom stereocenters. The first-order valence-electron chi connectivity index (χ1n) is 4.86. The Morgan fingerprint density at radius 2 is 2.07 bits per heavy atom. The summed E-state index contributed by atoms with van der Waals surface area (Å²) in [5.41, 5.74) is 4.36. The average molecular weight is 200 g/mol. The van der Waals surface area contributed by atoms with Gasteiger partial charge < -0.3 is 0 Å². The smallest absolute Gasteiger partial charge is 0.0185 e. The van der Waals surface area contributed by atoms with Crippen LogP contribution in [-0.4, -0.2) is 5.37 Å². The van der Waals surface area contributed by atoms with E-state index in [4.69, 9.17) is 0 Å². The van der Waals surface area contributed by atoms with Crippen LogP contribution in [0.4, 0.5) is 0 Å². The SMILES string of the molecule is CC1=CC=S2Cc3ccccc3C2=C1. The van der Waals surface area contributed by atoms with Crippen LogP contribution in [0.25, 0.3) is 4.91 Å². The molecule has 0 fully saturated rings. The highest BCUT2D eigenvalue weighted by Gasteiger charge is 2.20. The van der Waals surface area contributed by atoms with E-state index in [1.54, 1.807) is 4.91 Å². The van der Waals surface area contributed by atoms with Gasteiger partial charge in [-0.15, -0.1) is 10.5 Å². The van der Waals surface area contributed by atoms with Crippen LogP contribution in [0.1, 0.15) is 18.1 Å². The lowest BCUT2D eigenvalue weighted by Crippen LogP contribution is -1.83. The minimum absolute atomic E-state index is 0.357. The Morgan fingerprint density at radius 1 is 1.21 bits per heavy atom. The van der Waals surface area contributed by atoms with Crippen LogP contribution in [0, 0.1) is 0 Å². The van der Waals surface area contributed by atoms with E-state index < -0.39 is 0 Å². The lowest BCUT2D eigenvalue weighted by Gasteiger charge is -2.08. The second-order valence-corrected chi connectivity index (χ2v) is 5.64. The van der Waals surface area contributed by atoms with Crippen LogP contribution < -0.4 is 0 Å². The number of allylic oxidation sites excluding steroid dienone is 3. The van der Waals surface area contributed by atoms with Crippen molar-refractivity contribution in [3.05, 3.63) is 53.1 Å². The molecule has 1 aromatic carbocycles. The molecule has 1 unspecified atom stereocenters. The Bertz CT molecular complexity index is 490. The van der Waals surface area contributed by atoms with Crippen LogP contribution in [0.2, 0.25) is 0 Å². The lowest BCUT2D eigenvalue weighted by atomic mass is 10.1. The highest BCUT2D eigenvalue weighted by atomic mass is 32.2. The van der Waals surface area contributed by atoms with E-state index in [0.717, 1.165) is 0 Å². The van der Waals surface area contributed by atoms with Gasteiger partial charge in [0, 0.05) is 10.7 Å². The van der Waals surface area contributed by atoms with Gasteiger partial charge in [-0.05, 0) is 35.1 Å². The lowest BCUT2D eigenvalue weighted by molar-refractivity contribution is 1.42. The van der Waals surface area contributed by atoms with Crippen LogP contribution >= 0.6 is 10.5 Å². The van der Waals surface area contributed by atoms with Gasteiger partial charge in [-0.2, -0.15) is 0 Å². The Hall–Kier alpha value is -1.08. The molecule has 70 valence electrons. The zero-order chi connectivity index (χ0) is 9.54. The molecule has 1 aromatic rings. The average Bonchev–Trinajstić information content (AvgIpc) is 2.56. The third kappa shape index (κ3) is 1.12. The summed E-state index contributed by atoms with van der Waals surface area (Å²) in [6, 6.07) is 8.78. The summed E-state index contributed by atoms with van der Waals surface area (Å²) in [4.78, 5) is 1.54. The Morgan fingerprint density at radius 3 is 3.00 bits per heavy atom. The molecule has 2 aliphatic rings. The molecule has 0 aromatic heterocycles. The van der Waals surface area contributed by atoms with E-state index in [9.17, 15) is 0 Å². The van der Waals surface area contributed by atoms with E-state index in [2.05, 4.69) is 48.7 Å².